The smallest absolute Gasteiger partial charge is 0.164 e. The predicted molar refractivity (Wildman–Crippen MR) is 189 cm³/mol. The second-order valence-electron chi connectivity index (χ2n) is 13.3. The zero-order valence-corrected chi connectivity index (χ0v) is 26.9. The average Bonchev–Trinajstić information content (AvgIpc) is 3.72. The quantitative estimate of drug-likeness (QED) is 0.184. The van der Waals surface area contributed by atoms with Crippen molar-refractivity contribution in [1.82, 2.24) is 15.0 Å². The van der Waals surface area contributed by atoms with Crippen LogP contribution in [0, 0.1) is 0 Å². The van der Waals surface area contributed by atoms with Crippen LogP contribution in [0.3, 0.4) is 0 Å². The number of fused-ring (bicyclic) bond motifs is 5. The highest BCUT2D eigenvalue weighted by molar-refractivity contribution is 6.88. The normalized spacial score (nSPS) is 16.1. The van der Waals surface area contributed by atoms with E-state index in [0.717, 1.165) is 36.8 Å². The standard InChI is InChI=1S/C41H37N3Si/c1-45(2,3)33-22-19-31(20-23-33)40-43-38(29-11-5-4-6-12-29)42-39(44-40)30-17-15-28(16-18-30)32-21-24-35-34-13-7-8-14-36(34)41(37(35)27-32)25-9-10-26-41/h4-8,11-24,27H,9-10,25-26H2,1-3H3/i15D,16D,17D,18D. The molecule has 2 aliphatic rings. The SMILES string of the molecule is [2H]c1c([2H])c(-c2nc(-c3ccccc3)nc(-c3ccc([Si](C)(C)C)cc3)n2)c([2H])c([2H])c1-c1ccc2c(c1)C1(CCCC1)c1ccccc1-2. The van der Waals surface area contributed by atoms with Crippen molar-refractivity contribution in [1.29, 1.82) is 0 Å². The summed E-state index contributed by atoms with van der Waals surface area (Å²) in [6.45, 7) is 6.91. The van der Waals surface area contributed by atoms with Gasteiger partial charge in [-0.1, -0.05) is 153 Å². The fourth-order valence-electron chi connectivity index (χ4n) is 7.15. The van der Waals surface area contributed by atoms with Crippen LogP contribution < -0.4 is 5.19 Å². The molecule has 0 bridgehead atoms. The highest BCUT2D eigenvalue weighted by Crippen LogP contribution is 2.57. The Morgan fingerprint density at radius 3 is 1.73 bits per heavy atom. The third kappa shape index (κ3) is 4.85. The van der Waals surface area contributed by atoms with E-state index in [2.05, 4.69) is 68.2 Å². The fraction of sp³-hybridized carbons (Fsp3) is 0.195. The molecule has 0 unspecified atom stereocenters. The summed E-state index contributed by atoms with van der Waals surface area (Å²) < 4.78 is 37.0. The Kier molecular flexibility index (Phi) is 5.65. The summed E-state index contributed by atoms with van der Waals surface area (Å²) in [5.41, 5.74) is 7.64. The van der Waals surface area contributed by atoms with E-state index in [-0.39, 0.29) is 41.0 Å². The van der Waals surface area contributed by atoms with Crippen LogP contribution in [0.1, 0.15) is 42.3 Å². The lowest BCUT2D eigenvalue weighted by Crippen LogP contribution is -2.37. The molecule has 0 saturated heterocycles. The number of nitrogens with zero attached hydrogens (tertiary/aromatic N) is 3. The number of benzene rings is 5. The second kappa shape index (κ2) is 10.7. The van der Waals surface area contributed by atoms with Crippen LogP contribution >= 0.6 is 0 Å². The molecule has 1 fully saturated rings. The average molecular weight is 604 g/mol. The van der Waals surface area contributed by atoms with Gasteiger partial charge in [-0.3, -0.25) is 0 Å². The Labute approximate surface area is 272 Å². The van der Waals surface area contributed by atoms with Gasteiger partial charge >= 0.3 is 0 Å². The van der Waals surface area contributed by atoms with Gasteiger partial charge in [0.15, 0.2) is 17.5 Å². The van der Waals surface area contributed by atoms with Crippen LogP contribution in [0.5, 0.6) is 0 Å². The van der Waals surface area contributed by atoms with Crippen molar-refractivity contribution < 1.29 is 5.48 Å². The molecule has 6 aromatic rings. The molecule has 45 heavy (non-hydrogen) atoms. The van der Waals surface area contributed by atoms with Gasteiger partial charge in [-0.25, -0.2) is 15.0 Å². The van der Waals surface area contributed by atoms with E-state index in [9.17, 15) is 5.48 Å². The first-order valence-electron chi connectivity index (χ1n) is 17.8. The van der Waals surface area contributed by atoms with E-state index in [0.29, 0.717) is 22.8 Å². The van der Waals surface area contributed by atoms with Crippen molar-refractivity contribution in [3.63, 3.8) is 0 Å². The van der Waals surface area contributed by atoms with E-state index < -0.39 is 8.07 Å². The molecular weight excluding hydrogens is 563 g/mol. The lowest BCUT2D eigenvalue weighted by atomic mass is 9.76. The van der Waals surface area contributed by atoms with E-state index >= 15 is 0 Å². The van der Waals surface area contributed by atoms with Gasteiger partial charge in [0.25, 0.3) is 0 Å². The van der Waals surface area contributed by atoms with E-state index in [1.807, 2.05) is 48.5 Å². The number of rotatable bonds is 5. The fourth-order valence-corrected chi connectivity index (χ4v) is 8.32. The Hall–Kier alpha value is -4.67. The Morgan fingerprint density at radius 2 is 1.07 bits per heavy atom. The summed E-state index contributed by atoms with van der Waals surface area (Å²) in [6, 6.07) is 32.2. The van der Waals surface area contributed by atoms with Gasteiger partial charge < -0.3 is 0 Å². The van der Waals surface area contributed by atoms with Crippen molar-refractivity contribution in [2.75, 3.05) is 0 Å². The summed E-state index contributed by atoms with van der Waals surface area (Å²) >= 11 is 0. The van der Waals surface area contributed by atoms with Crippen LogP contribution in [0.15, 0.2) is 121 Å². The Bertz CT molecular complexity index is 2230. The Balaban J connectivity index is 1.28. The molecule has 1 spiro atoms. The van der Waals surface area contributed by atoms with E-state index in [1.165, 1.54) is 27.4 Å². The number of aromatic nitrogens is 3. The second-order valence-corrected chi connectivity index (χ2v) is 18.4. The molecule has 0 atom stereocenters. The first-order chi connectivity index (χ1) is 23.6. The number of hydrogen-bond acceptors (Lipinski definition) is 3. The molecule has 0 N–H and O–H groups in total. The van der Waals surface area contributed by atoms with E-state index in [4.69, 9.17) is 15.0 Å². The molecule has 0 aliphatic heterocycles. The molecule has 1 heterocycles. The van der Waals surface area contributed by atoms with Crippen LogP contribution in [0.2, 0.25) is 19.6 Å². The Morgan fingerprint density at radius 1 is 0.533 bits per heavy atom. The topological polar surface area (TPSA) is 38.7 Å². The maximum atomic E-state index is 9.25. The molecule has 5 aromatic carbocycles. The van der Waals surface area contributed by atoms with Gasteiger partial charge in [0.05, 0.1) is 13.6 Å². The van der Waals surface area contributed by atoms with Gasteiger partial charge in [0.1, 0.15) is 0 Å². The van der Waals surface area contributed by atoms with Crippen LogP contribution in [0.25, 0.3) is 56.4 Å². The molecule has 8 rings (SSSR count). The predicted octanol–water partition coefficient (Wildman–Crippen LogP) is 9.93. The molecule has 3 nitrogen and oxygen atoms in total. The molecule has 2 aliphatic carbocycles. The lowest BCUT2D eigenvalue weighted by molar-refractivity contribution is 0.550. The molecular formula is C41H37N3Si. The summed E-state index contributed by atoms with van der Waals surface area (Å²) in [7, 11) is -1.52. The summed E-state index contributed by atoms with van der Waals surface area (Å²) in [5, 5.41) is 1.32. The van der Waals surface area contributed by atoms with Gasteiger partial charge in [-0.05, 0) is 52.3 Å². The number of hydrogen-bond donors (Lipinski definition) is 0. The zero-order chi connectivity index (χ0) is 34.1. The molecule has 1 saturated carbocycles. The zero-order valence-electron chi connectivity index (χ0n) is 29.9. The summed E-state index contributed by atoms with van der Waals surface area (Å²) in [4.78, 5) is 14.4. The van der Waals surface area contributed by atoms with Crippen molar-refractivity contribution in [2.45, 2.75) is 50.7 Å². The first-order valence-corrected chi connectivity index (χ1v) is 19.3. The third-order valence-corrected chi connectivity index (χ3v) is 11.6. The molecule has 4 heteroatoms. The lowest BCUT2D eigenvalue weighted by Gasteiger charge is -2.27. The van der Waals surface area contributed by atoms with Crippen molar-refractivity contribution in [2.24, 2.45) is 0 Å². The van der Waals surface area contributed by atoms with Gasteiger partial charge in [-0.15, -0.1) is 0 Å². The van der Waals surface area contributed by atoms with Gasteiger partial charge in [0, 0.05) is 22.1 Å². The maximum Gasteiger partial charge on any atom is 0.164 e. The van der Waals surface area contributed by atoms with Crippen LogP contribution in [-0.4, -0.2) is 23.0 Å². The third-order valence-electron chi connectivity index (χ3n) is 9.54. The highest BCUT2D eigenvalue weighted by atomic mass is 28.3. The molecule has 1 aromatic heterocycles. The monoisotopic (exact) mass is 603 g/mol. The molecule has 220 valence electrons. The summed E-state index contributed by atoms with van der Waals surface area (Å²) in [5.74, 6) is 0.957. The maximum absolute atomic E-state index is 9.25. The largest absolute Gasteiger partial charge is 0.208 e. The van der Waals surface area contributed by atoms with Gasteiger partial charge in [0.2, 0.25) is 0 Å². The first kappa shape index (κ1) is 23.7. The van der Waals surface area contributed by atoms with Crippen LogP contribution in [-0.2, 0) is 5.41 Å². The highest BCUT2D eigenvalue weighted by Gasteiger charge is 2.44. The minimum atomic E-state index is -1.52. The van der Waals surface area contributed by atoms with Crippen LogP contribution in [0.4, 0.5) is 0 Å². The summed E-state index contributed by atoms with van der Waals surface area (Å²) in [6.07, 6.45) is 4.46. The molecule has 0 radical (unpaired) electrons. The van der Waals surface area contributed by atoms with Crippen molar-refractivity contribution >= 4 is 13.3 Å². The molecule has 0 amide bonds. The minimum absolute atomic E-state index is 0.0672. The van der Waals surface area contributed by atoms with E-state index in [1.54, 1.807) is 0 Å². The van der Waals surface area contributed by atoms with Crippen molar-refractivity contribution in [3.8, 4) is 56.4 Å². The minimum Gasteiger partial charge on any atom is -0.208 e. The van der Waals surface area contributed by atoms with Crippen molar-refractivity contribution in [3.05, 3.63) is 132 Å². The van der Waals surface area contributed by atoms with Gasteiger partial charge in [-0.2, -0.15) is 0 Å².